The Kier molecular flexibility index (Phi) is 5.93. The van der Waals surface area contributed by atoms with E-state index < -0.39 is 30.2 Å². The molecule has 12 rings (SSSR count). The van der Waals surface area contributed by atoms with Crippen LogP contribution in [0.2, 0.25) is 0 Å². The van der Waals surface area contributed by atoms with Crippen molar-refractivity contribution in [2.24, 2.45) is 0 Å². The van der Waals surface area contributed by atoms with Crippen molar-refractivity contribution in [2.75, 3.05) is 4.90 Å². The maximum absolute atomic E-state index is 8.90. The van der Waals surface area contributed by atoms with E-state index in [1.54, 1.807) is 0 Å². The van der Waals surface area contributed by atoms with Crippen LogP contribution in [0.4, 0.5) is 11.6 Å². The van der Waals surface area contributed by atoms with Gasteiger partial charge in [0.05, 0.1) is 29.5 Å². The highest BCUT2D eigenvalue weighted by Gasteiger charge is 2.39. The highest BCUT2D eigenvalue weighted by molar-refractivity contribution is 6.12. The first kappa shape index (κ1) is 27.1. The van der Waals surface area contributed by atoms with Crippen molar-refractivity contribution in [3.63, 3.8) is 0 Å². The van der Waals surface area contributed by atoms with E-state index in [9.17, 15) is 0 Å². The van der Waals surface area contributed by atoms with E-state index in [2.05, 4.69) is 108 Å². The fourth-order valence-electron chi connectivity index (χ4n) is 8.75. The molecule has 0 radical (unpaired) electrons. The zero-order valence-corrected chi connectivity index (χ0v) is 30.3. The number of fused-ring (bicyclic) bond motifs is 9. The summed E-state index contributed by atoms with van der Waals surface area (Å²) in [5.74, 6) is 0.533. The topological polar surface area (TPSA) is 60.0 Å². The number of hydrogen-bond acceptors (Lipinski definition) is 5. The second-order valence-corrected chi connectivity index (χ2v) is 14.4. The second-order valence-electron chi connectivity index (χ2n) is 14.4. The molecule has 0 fully saturated rings. The molecule has 2 aliphatic rings. The lowest BCUT2D eigenvalue weighted by molar-refractivity contribution is 0.669. The molecule has 0 saturated heterocycles. The van der Waals surface area contributed by atoms with Crippen LogP contribution in [0.15, 0.2) is 192 Å². The van der Waals surface area contributed by atoms with E-state index >= 15 is 0 Å². The first-order chi connectivity index (χ1) is 30.3. The standard InChI is InChI=1S/C51H33N5O/c1-3-14-32(15-4-1)34-26-28-39-38-20-7-10-23-43(38)55(46(39)30-34)35-27-29-40-41-21-13-22-42(48(41)57-47(40)31-35)50-52-49(33-16-5-2-6-17-33)53-51(54-50)56-44-24-11-8-18-36(44)37-19-9-12-25-45(37)56/h1-31,36,44H/i2D,5D,6D,16D,17D. The summed E-state index contributed by atoms with van der Waals surface area (Å²) in [6.07, 6.45) is 8.31. The molecule has 2 unspecified atom stereocenters. The molecule has 0 amide bonds. The Morgan fingerprint density at radius 1 is 0.561 bits per heavy atom. The van der Waals surface area contributed by atoms with Crippen LogP contribution >= 0.6 is 0 Å². The first-order valence-corrected chi connectivity index (χ1v) is 19.0. The van der Waals surface area contributed by atoms with Crippen LogP contribution < -0.4 is 4.90 Å². The molecular weight excluding hydrogens is 699 g/mol. The lowest BCUT2D eigenvalue weighted by atomic mass is 9.92. The summed E-state index contributed by atoms with van der Waals surface area (Å²) in [6.45, 7) is 0. The minimum Gasteiger partial charge on any atom is -0.455 e. The molecular formula is C51H33N5O. The van der Waals surface area contributed by atoms with Crippen molar-refractivity contribution in [1.29, 1.82) is 0 Å². The molecule has 6 heteroatoms. The molecule has 3 aromatic heterocycles. The van der Waals surface area contributed by atoms with Crippen LogP contribution in [-0.2, 0) is 0 Å². The summed E-state index contributed by atoms with van der Waals surface area (Å²) in [5.41, 5.74) is 9.09. The van der Waals surface area contributed by atoms with Gasteiger partial charge in [0.2, 0.25) is 5.95 Å². The smallest absolute Gasteiger partial charge is 0.234 e. The van der Waals surface area contributed by atoms with Crippen LogP contribution in [0.5, 0.6) is 0 Å². The average Bonchev–Trinajstić information content (AvgIpc) is 3.97. The third-order valence-corrected chi connectivity index (χ3v) is 11.3. The van der Waals surface area contributed by atoms with Crippen LogP contribution in [0, 0.1) is 0 Å². The molecule has 4 heterocycles. The number of rotatable bonds is 5. The molecule has 7 aromatic carbocycles. The van der Waals surface area contributed by atoms with Crippen LogP contribution in [0.3, 0.4) is 0 Å². The quantitative estimate of drug-likeness (QED) is 0.176. The van der Waals surface area contributed by atoms with Crippen molar-refractivity contribution in [1.82, 2.24) is 19.5 Å². The van der Waals surface area contributed by atoms with Gasteiger partial charge in [-0.2, -0.15) is 9.97 Å². The van der Waals surface area contributed by atoms with E-state index in [1.165, 1.54) is 0 Å². The Morgan fingerprint density at radius 2 is 1.33 bits per heavy atom. The van der Waals surface area contributed by atoms with Crippen LogP contribution in [-0.4, -0.2) is 25.6 Å². The Bertz CT molecular complexity index is 3550. The fourth-order valence-corrected chi connectivity index (χ4v) is 8.75. The van der Waals surface area contributed by atoms with Crippen molar-refractivity contribution in [3.05, 3.63) is 194 Å². The summed E-state index contributed by atoms with van der Waals surface area (Å²) >= 11 is 0. The highest BCUT2D eigenvalue weighted by atomic mass is 16.3. The second kappa shape index (κ2) is 12.5. The lowest BCUT2D eigenvalue weighted by Gasteiger charge is -2.27. The third kappa shape index (κ3) is 4.94. The summed E-state index contributed by atoms with van der Waals surface area (Å²) in [6, 6.07) is 43.3. The Morgan fingerprint density at radius 3 is 2.26 bits per heavy atom. The maximum atomic E-state index is 8.90. The van der Waals surface area contributed by atoms with E-state index in [4.69, 9.17) is 26.2 Å². The van der Waals surface area contributed by atoms with Gasteiger partial charge in [0.1, 0.15) is 11.2 Å². The zero-order chi connectivity index (χ0) is 41.8. The fraction of sp³-hybridized carbons (Fsp3) is 0.0392. The molecule has 0 bridgehead atoms. The van der Waals surface area contributed by atoms with Gasteiger partial charge in [-0.15, -0.1) is 0 Å². The highest BCUT2D eigenvalue weighted by Crippen LogP contribution is 2.47. The van der Waals surface area contributed by atoms with Crippen molar-refractivity contribution in [2.45, 2.75) is 12.0 Å². The predicted octanol–water partition coefficient (Wildman–Crippen LogP) is 12.6. The molecule has 0 saturated carbocycles. The Labute approximate surface area is 335 Å². The van der Waals surface area contributed by atoms with Crippen LogP contribution in [0.25, 0.3) is 83.3 Å². The van der Waals surface area contributed by atoms with Crippen molar-refractivity contribution < 1.29 is 11.3 Å². The number of allylic oxidation sites excluding steroid dienone is 2. The van der Waals surface area contributed by atoms with Crippen molar-refractivity contribution in [3.8, 4) is 39.6 Å². The van der Waals surface area contributed by atoms with Gasteiger partial charge in [-0.3, -0.25) is 0 Å². The van der Waals surface area contributed by atoms with Gasteiger partial charge in [-0.25, -0.2) is 4.98 Å². The lowest BCUT2D eigenvalue weighted by Crippen LogP contribution is -2.30. The molecule has 6 nitrogen and oxygen atoms in total. The van der Waals surface area contributed by atoms with Gasteiger partial charge >= 0.3 is 0 Å². The van der Waals surface area contributed by atoms with Gasteiger partial charge in [0.25, 0.3) is 0 Å². The summed E-state index contributed by atoms with van der Waals surface area (Å²) in [7, 11) is 0. The van der Waals surface area contributed by atoms with Gasteiger partial charge in [-0.05, 0) is 53.1 Å². The van der Waals surface area contributed by atoms with E-state index in [0.29, 0.717) is 16.7 Å². The van der Waals surface area contributed by atoms with Gasteiger partial charge < -0.3 is 13.9 Å². The monoisotopic (exact) mass is 736 g/mol. The number of para-hydroxylation sites is 3. The first-order valence-electron chi connectivity index (χ1n) is 21.5. The molecule has 1 aliphatic carbocycles. The third-order valence-electron chi connectivity index (χ3n) is 11.3. The molecule has 57 heavy (non-hydrogen) atoms. The molecule has 268 valence electrons. The predicted molar refractivity (Wildman–Crippen MR) is 231 cm³/mol. The maximum Gasteiger partial charge on any atom is 0.234 e. The van der Waals surface area contributed by atoms with Crippen LogP contribution in [0.1, 0.15) is 18.3 Å². The Balaban J connectivity index is 1.07. The van der Waals surface area contributed by atoms with E-state index in [-0.39, 0.29) is 35.1 Å². The zero-order valence-electron chi connectivity index (χ0n) is 35.3. The molecule has 1 aliphatic heterocycles. The average molecular weight is 737 g/mol. The van der Waals surface area contributed by atoms with Gasteiger partial charge in [-0.1, -0.05) is 146 Å². The van der Waals surface area contributed by atoms with Gasteiger partial charge in [0, 0.05) is 50.5 Å². The number of nitrogens with zero attached hydrogens (tertiary/aromatic N) is 5. The minimum absolute atomic E-state index is 0.0325. The van der Waals surface area contributed by atoms with E-state index in [0.717, 1.165) is 60.6 Å². The SMILES string of the molecule is [2H]c1c([2H])c([2H])c(-c2nc(-c3cccc4c3oc3cc(-n5c6ccccc6c6ccc(-c7ccccc7)cc65)ccc34)nc(N3c4ccccc4C4C=CC=CC43)n2)c([2H])c1[2H]. The number of anilines is 2. The molecule has 0 N–H and O–H groups in total. The van der Waals surface area contributed by atoms with Gasteiger partial charge in [0.15, 0.2) is 11.6 Å². The molecule has 0 spiro atoms. The summed E-state index contributed by atoms with van der Waals surface area (Å²) in [5, 5.41) is 4.07. The van der Waals surface area contributed by atoms with E-state index in [1.807, 2.05) is 59.5 Å². The number of furan rings is 1. The number of benzene rings is 7. The number of hydrogen-bond donors (Lipinski definition) is 0. The molecule has 2 atom stereocenters. The summed E-state index contributed by atoms with van der Waals surface area (Å²) in [4.78, 5) is 17.0. The normalized spacial score (nSPS) is 17.1. The molecule has 10 aromatic rings. The largest absolute Gasteiger partial charge is 0.455 e. The van der Waals surface area contributed by atoms with Crippen molar-refractivity contribution >= 4 is 55.4 Å². The number of aromatic nitrogens is 4. The summed E-state index contributed by atoms with van der Waals surface area (Å²) < 4.78 is 52.2. The minimum atomic E-state index is -0.488. The Hall–Kier alpha value is -7.57.